The number of nitrogens with zero attached hydrogens (tertiary/aromatic N) is 3. The molecule has 1 saturated heterocycles. The van der Waals surface area contributed by atoms with Gasteiger partial charge < -0.3 is 20.3 Å². The van der Waals surface area contributed by atoms with Gasteiger partial charge >= 0.3 is 5.97 Å². The van der Waals surface area contributed by atoms with Gasteiger partial charge in [0.15, 0.2) is 0 Å². The fourth-order valence-electron chi connectivity index (χ4n) is 3.08. The Bertz CT molecular complexity index is 872. The molecule has 0 spiro atoms. The van der Waals surface area contributed by atoms with E-state index >= 15 is 0 Å². The second kappa shape index (κ2) is 6.72. The van der Waals surface area contributed by atoms with E-state index in [0.717, 1.165) is 19.2 Å². The summed E-state index contributed by atoms with van der Waals surface area (Å²) < 4.78 is 16.1. The molecule has 2 aromatic rings. The lowest BCUT2D eigenvalue weighted by atomic mass is 10.1. The highest BCUT2D eigenvalue weighted by Crippen LogP contribution is 2.25. The maximum absolute atomic E-state index is 14.7. The van der Waals surface area contributed by atoms with E-state index in [4.69, 9.17) is 0 Å². The van der Waals surface area contributed by atoms with Gasteiger partial charge in [-0.2, -0.15) is 0 Å². The molecule has 0 bridgehead atoms. The van der Waals surface area contributed by atoms with Gasteiger partial charge in [-0.15, -0.1) is 0 Å². The first-order chi connectivity index (χ1) is 11.9. The summed E-state index contributed by atoms with van der Waals surface area (Å²) in [7, 11) is 2.02. The molecule has 1 aliphatic rings. The second-order valence-electron chi connectivity index (χ2n) is 6.17. The summed E-state index contributed by atoms with van der Waals surface area (Å²) in [6.45, 7) is 5.42. The van der Waals surface area contributed by atoms with Crippen LogP contribution in [0.4, 0.5) is 10.1 Å². The third-order valence-corrected chi connectivity index (χ3v) is 4.47. The van der Waals surface area contributed by atoms with E-state index in [2.05, 4.69) is 10.3 Å². The number of carbonyl (C=O) groups is 1. The zero-order valence-electron chi connectivity index (χ0n) is 14.3. The molecular formula is C17H21FN4O3. The molecule has 1 aromatic carbocycles. The molecule has 1 aromatic heterocycles. The smallest absolute Gasteiger partial charge is 0.341 e. The van der Waals surface area contributed by atoms with Crippen LogP contribution in [0.25, 0.3) is 10.9 Å². The van der Waals surface area contributed by atoms with Gasteiger partial charge in [-0.1, -0.05) is 0 Å². The number of aromatic carboxylic acids is 1. The number of anilines is 1. The third kappa shape index (κ3) is 3.17. The third-order valence-electron chi connectivity index (χ3n) is 4.47. The van der Waals surface area contributed by atoms with Crippen molar-refractivity contribution in [2.24, 2.45) is 0 Å². The monoisotopic (exact) mass is 348 g/mol. The summed E-state index contributed by atoms with van der Waals surface area (Å²) in [4.78, 5) is 27.8. The summed E-state index contributed by atoms with van der Waals surface area (Å²) in [6.07, 6.45) is 1.25. The SMILES string of the molecule is CCNn1cc(C(=O)O)c(=O)c2cc(F)c(N3CCN(C)CC3)cc21. The number of carboxylic acid groups (broad SMARTS) is 1. The topological polar surface area (TPSA) is 77.8 Å². The Kier molecular flexibility index (Phi) is 4.63. The number of nitrogens with one attached hydrogen (secondary N) is 1. The van der Waals surface area contributed by atoms with E-state index in [1.54, 1.807) is 6.07 Å². The van der Waals surface area contributed by atoms with Crippen LogP contribution in [0, 0.1) is 5.82 Å². The zero-order valence-corrected chi connectivity index (χ0v) is 14.3. The number of pyridine rings is 1. The summed E-state index contributed by atoms with van der Waals surface area (Å²) in [5, 5.41) is 9.27. The molecule has 0 aliphatic carbocycles. The number of aromatic nitrogens is 1. The minimum absolute atomic E-state index is 0.0521. The molecule has 0 unspecified atom stereocenters. The molecular weight excluding hydrogens is 327 g/mol. The Balaban J connectivity index is 2.18. The Hall–Kier alpha value is -2.61. The van der Waals surface area contributed by atoms with Crippen molar-refractivity contribution in [3.8, 4) is 0 Å². The van der Waals surface area contributed by atoms with E-state index < -0.39 is 17.2 Å². The predicted molar refractivity (Wildman–Crippen MR) is 94.7 cm³/mol. The highest BCUT2D eigenvalue weighted by atomic mass is 19.1. The molecule has 0 atom stereocenters. The number of hydrogen-bond donors (Lipinski definition) is 2. The molecule has 1 fully saturated rings. The molecule has 7 nitrogen and oxygen atoms in total. The van der Waals surface area contributed by atoms with E-state index in [0.29, 0.717) is 30.8 Å². The minimum atomic E-state index is -1.33. The normalized spacial score (nSPS) is 15.6. The maximum atomic E-state index is 14.7. The van der Waals surface area contributed by atoms with Gasteiger partial charge in [0.25, 0.3) is 0 Å². The number of benzene rings is 1. The van der Waals surface area contributed by atoms with Gasteiger partial charge in [-0.05, 0) is 26.1 Å². The lowest BCUT2D eigenvalue weighted by Gasteiger charge is -2.34. The molecule has 0 amide bonds. The number of piperazine rings is 1. The number of hydrogen-bond acceptors (Lipinski definition) is 5. The zero-order chi connectivity index (χ0) is 18.1. The van der Waals surface area contributed by atoms with E-state index in [-0.39, 0.29) is 10.9 Å². The van der Waals surface area contributed by atoms with Crippen LogP contribution in [0.2, 0.25) is 0 Å². The van der Waals surface area contributed by atoms with E-state index in [9.17, 15) is 19.1 Å². The molecule has 3 rings (SSSR count). The quantitative estimate of drug-likeness (QED) is 0.863. The van der Waals surface area contributed by atoms with Crippen LogP contribution < -0.4 is 15.8 Å². The van der Waals surface area contributed by atoms with Crippen LogP contribution >= 0.6 is 0 Å². The Morgan fingerprint density at radius 3 is 2.56 bits per heavy atom. The average molecular weight is 348 g/mol. The number of halogens is 1. The molecule has 25 heavy (non-hydrogen) atoms. The van der Waals surface area contributed by atoms with Crippen LogP contribution in [0.15, 0.2) is 23.1 Å². The largest absolute Gasteiger partial charge is 0.477 e. The van der Waals surface area contributed by atoms with Crippen molar-refractivity contribution < 1.29 is 14.3 Å². The molecule has 0 saturated carbocycles. The van der Waals surface area contributed by atoms with Crippen molar-refractivity contribution in [2.45, 2.75) is 6.92 Å². The van der Waals surface area contributed by atoms with Crippen LogP contribution in [0.5, 0.6) is 0 Å². The van der Waals surface area contributed by atoms with Crippen LogP contribution in [0.1, 0.15) is 17.3 Å². The predicted octanol–water partition coefficient (Wildman–Crippen LogP) is 1.15. The van der Waals surface area contributed by atoms with Gasteiger partial charge in [0.2, 0.25) is 5.43 Å². The first-order valence-corrected chi connectivity index (χ1v) is 8.22. The molecule has 2 heterocycles. The lowest BCUT2D eigenvalue weighted by Crippen LogP contribution is -2.44. The second-order valence-corrected chi connectivity index (χ2v) is 6.17. The molecule has 0 radical (unpaired) electrons. The fourth-order valence-corrected chi connectivity index (χ4v) is 3.08. The summed E-state index contributed by atoms with van der Waals surface area (Å²) in [5.41, 5.74) is 2.82. The summed E-state index contributed by atoms with van der Waals surface area (Å²) in [5.74, 6) is -1.85. The van der Waals surface area contributed by atoms with Crippen molar-refractivity contribution in [1.82, 2.24) is 9.58 Å². The van der Waals surface area contributed by atoms with Gasteiger partial charge in [0.1, 0.15) is 11.4 Å². The van der Waals surface area contributed by atoms with Crippen molar-refractivity contribution in [1.29, 1.82) is 0 Å². The molecule has 2 N–H and O–H groups in total. The Labute approximate surface area is 144 Å². The van der Waals surface area contributed by atoms with Crippen molar-refractivity contribution in [3.05, 3.63) is 39.9 Å². The minimum Gasteiger partial charge on any atom is -0.477 e. The van der Waals surface area contributed by atoms with E-state index in [1.807, 2.05) is 18.9 Å². The summed E-state index contributed by atoms with van der Waals surface area (Å²) in [6, 6.07) is 2.76. The first kappa shape index (κ1) is 17.2. The van der Waals surface area contributed by atoms with Crippen LogP contribution in [0.3, 0.4) is 0 Å². The highest BCUT2D eigenvalue weighted by molar-refractivity contribution is 5.93. The lowest BCUT2D eigenvalue weighted by molar-refractivity contribution is 0.0695. The van der Waals surface area contributed by atoms with Crippen molar-refractivity contribution >= 4 is 22.6 Å². The van der Waals surface area contributed by atoms with Crippen LogP contribution in [-0.4, -0.2) is 60.4 Å². The van der Waals surface area contributed by atoms with E-state index in [1.165, 1.54) is 10.9 Å². The number of fused-ring (bicyclic) bond motifs is 1. The van der Waals surface area contributed by atoms with Gasteiger partial charge in [0.05, 0.1) is 16.6 Å². The standard InChI is InChI=1S/C17H21FN4O3/c1-3-19-22-10-12(17(24)25)16(23)11-8-13(18)15(9-14(11)22)21-6-4-20(2)5-7-21/h8-10,19H,3-7H2,1-2H3,(H,24,25). The first-order valence-electron chi connectivity index (χ1n) is 8.22. The maximum Gasteiger partial charge on any atom is 0.341 e. The molecule has 8 heteroatoms. The van der Waals surface area contributed by atoms with Crippen molar-refractivity contribution in [2.75, 3.05) is 50.1 Å². The Morgan fingerprint density at radius 2 is 1.96 bits per heavy atom. The van der Waals surface area contributed by atoms with Gasteiger partial charge in [-0.25, -0.2) is 9.18 Å². The number of rotatable bonds is 4. The van der Waals surface area contributed by atoms with Gasteiger partial charge in [-0.3, -0.25) is 9.47 Å². The highest BCUT2D eigenvalue weighted by Gasteiger charge is 2.21. The average Bonchev–Trinajstić information content (AvgIpc) is 2.58. The fraction of sp³-hybridized carbons (Fsp3) is 0.412. The van der Waals surface area contributed by atoms with Crippen LogP contribution in [-0.2, 0) is 0 Å². The summed E-state index contributed by atoms with van der Waals surface area (Å²) >= 11 is 0. The molecule has 134 valence electrons. The molecule has 1 aliphatic heterocycles. The number of carboxylic acids is 1. The van der Waals surface area contributed by atoms with Gasteiger partial charge in [0, 0.05) is 38.9 Å². The Morgan fingerprint density at radius 1 is 1.28 bits per heavy atom. The van der Waals surface area contributed by atoms with Crippen molar-refractivity contribution in [3.63, 3.8) is 0 Å². The number of likely N-dealkylation sites (N-methyl/N-ethyl adjacent to an activating group) is 1.